The van der Waals surface area contributed by atoms with Crippen LogP contribution in [0.15, 0.2) is 76.6 Å². The van der Waals surface area contributed by atoms with Crippen LogP contribution in [0.4, 0.5) is 11.4 Å². The molecule has 0 radical (unpaired) electrons. The van der Waals surface area contributed by atoms with Crippen LogP contribution in [0.25, 0.3) is 10.8 Å². The van der Waals surface area contributed by atoms with E-state index >= 15 is 0 Å². The van der Waals surface area contributed by atoms with Gasteiger partial charge < -0.3 is 10.2 Å². The Balaban J connectivity index is 1.30. The van der Waals surface area contributed by atoms with Gasteiger partial charge in [0.2, 0.25) is 11.8 Å². The number of benzene rings is 3. The molecule has 2 N–H and O–H groups in total. The van der Waals surface area contributed by atoms with Crippen molar-refractivity contribution in [1.29, 1.82) is 0 Å². The van der Waals surface area contributed by atoms with E-state index < -0.39 is 15.9 Å². The molecular weight excluding hydrogens is 452 g/mol. The number of carbonyl (C=O) groups excluding carboxylic acids is 2. The Morgan fingerprint density at radius 2 is 1.82 bits per heavy atom. The second-order valence-corrected chi connectivity index (χ2v) is 10.1. The highest BCUT2D eigenvalue weighted by atomic mass is 32.2. The smallest absolute Gasteiger partial charge is 0.262 e. The molecule has 1 atom stereocenters. The molecule has 5 rings (SSSR count). The molecule has 174 valence electrons. The maximum atomic E-state index is 13.0. The molecule has 2 aliphatic rings. The van der Waals surface area contributed by atoms with E-state index in [1.165, 1.54) is 12.1 Å². The van der Waals surface area contributed by atoms with Crippen molar-refractivity contribution in [2.24, 2.45) is 10.9 Å². The molecule has 3 aromatic carbocycles. The van der Waals surface area contributed by atoms with Crippen molar-refractivity contribution in [3.05, 3.63) is 66.7 Å². The quantitative estimate of drug-likeness (QED) is 0.589. The first-order chi connectivity index (χ1) is 16.4. The Bertz CT molecular complexity index is 1410. The molecule has 0 saturated carbocycles. The first-order valence-electron chi connectivity index (χ1n) is 11.2. The molecule has 2 aliphatic heterocycles. The SMILES string of the molecule is O=C(Nc1cccc(S(=O)(=O)NC2=NCCC2)c1)C1CC(=O)N(c2cccc3ccccc23)C1. The number of hydrogen-bond donors (Lipinski definition) is 2. The lowest BCUT2D eigenvalue weighted by Crippen LogP contribution is -2.29. The van der Waals surface area contributed by atoms with E-state index in [4.69, 9.17) is 0 Å². The summed E-state index contributed by atoms with van der Waals surface area (Å²) < 4.78 is 27.9. The van der Waals surface area contributed by atoms with Crippen LogP contribution in [0.5, 0.6) is 0 Å². The summed E-state index contributed by atoms with van der Waals surface area (Å²) in [6.07, 6.45) is 1.51. The normalized spacial score (nSPS) is 18.2. The van der Waals surface area contributed by atoms with Gasteiger partial charge in [-0.1, -0.05) is 42.5 Å². The van der Waals surface area contributed by atoms with Crippen molar-refractivity contribution in [3.63, 3.8) is 0 Å². The Labute approximate surface area is 197 Å². The average molecular weight is 477 g/mol. The average Bonchev–Trinajstić information content (AvgIpc) is 3.48. The number of amides is 2. The summed E-state index contributed by atoms with van der Waals surface area (Å²) in [6, 6.07) is 19.7. The minimum absolute atomic E-state index is 0.0415. The largest absolute Gasteiger partial charge is 0.326 e. The number of aliphatic imine (C=N–C) groups is 1. The third-order valence-corrected chi connectivity index (χ3v) is 7.47. The highest BCUT2D eigenvalue weighted by Gasteiger charge is 2.35. The molecule has 0 spiro atoms. The van der Waals surface area contributed by atoms with E-state index in [0.717, 1.165) is 22.9 Å². The lowest BCUT2D eigenvalue weighted by atomic mass is 10.1. The van der Waals surface area contributed by atoms with Crippen LogP contribution in [-0.4, -0.2) is 39.2 Å². The number of amidine groups is 1. The lowest BCUT2D eigenvalue weighted by molar-refractivity contribution is -0.122. The third kappa shape index (κ3) is 4.38. The minimum Gasteiger partial charge on any atom is -0.326 e. The van der Waals surface area contributed by atoms with Gasteiger partial charge in [-0.15, -0.1) is 0 Å². The first-order valence-corrected chi connectivity index (χ1v) is 12.6. The summed E-state index contributed by atoms with van der Waals surface area (Å²) in [4.78, 5) is 31.6. The van der Waals surface area contributed by atoms with Crippen LogP contribution in [0.3, 0.4) is 0 Å². The summed E-state index contributed by atoms with van der Waals surface area (Å²) in [7, 11) is -3.79. The zero-order valence-electron chi connectivity index (χ0n) is 18.4. The fraction of sp³-hybridized carbons (Fsp3) is 0.240. The van der Waals surface area contributed by atoms with Crippen molar-refractivity contribution in [2.45, 2.75) is 24.2 Å². The van der Waals surface area contributed by atoms with Crippen molar-refractivity contribution in [2.75, 3.05) is 23.3 Å². The van der Waals surface area contributed by atoms with Gasteiger partial charge in [-0.3, -0.25) is 19.3 Å². The summed E-state index contributed by atoms with van der Waals surface area (Å²) >= 11 is 0. The number of rotatable bonds is 5. The number of carbonyl (C=O) groups is 2. The molecule has 9 heteroatoms. The molecule has 0 aliphatic carbocycles. The van der Waals surface area contributed by atoms with Gasteiger partial charge in [0.25, 0.3) is 10.0 Å². The Morgan fingerprint density at radius 3 is 2.65 bits per heavy atom. The molecule has 2 heterocycles. The van der Waals surface area contributed by atoms with Crippen LogP contribution in [0, 0.1) is 5.92 Å². The van der Waals surface area contributed by atoms with Crippen molar-refractivity contribution >= 4 is 49.8 Å². The fourth-order valence-corrected chi connectivity index (χ4v) is 5.52. The monoisotopic (exact) mass is 476 g/mol. The molecule has 1 fully saturated rings. The van der Waals surface area contributed by atoms with Crippen molar-refractivity contribution < 1.29 is 18.0 Å². The van der Waals surface area contributed by atoms with Gasteiger partial charge in [0.1, 0.15) is 5.84 Å². The van der Waals surface area contributed by atoms with Gasteiger partial charge in [-0.05, 0) is 36.1 Å². The van der Waals surface area contributed by atoms with E-state index in [1.54, 1.807) is 17.0 Å². The summed E-state index contributed by atoms with van der Waals surface area (Å²) in [6.45, 7) is 0.877. The van der Waals surface area contributed by atoms with Gasteiger partial charge in [0.05, 0.1) is 16.5 Å². The predicted octanol–water partition coefficient (Wildman–Crippen LogP) is 3.30. The van der Waals surface area contributed by atoms with Crippen LogP contribution in [-0.2, 0) is 19.6 Å². The fourth-order valence-electron chi connectivity index (χ4n) is 4.38. The Kier molecular flexibility index (Phi) is 5.79. The summed E-state index contributed by atoms with van der Waals surface area (Å²) in [5.74, 6) is -0.529. The number of nitrogens with zero attached hydrogens (tertiary/aromatic N) is 2. The number of anilines is 2. The maximum absolute atomic E-state index is 13.0. The number of sulfonamides is 1. The van der Waals surface area contributed by atoms with E-state index in [9.17, 15) is 18.0 Å². The lowest BCUT2D eigenvalue weighted by Gasteiger charge is -2.19. The van der Waals surface area contributed by atoms with Crippen molar-refractivity contribution in [3.8, 4) is 0 Å². The molecule has 3 aromatic rings. The molecule has 8 nitrogen and oxygen atoms in total. The van der Waals surface area contributed by atoms with Gasteiger partial charge in [-0.2, -0.15) is 0 Å². The zero-order valence-corrected chi connectivity index (χ0v) is 19.2. The first kappa shape index (κ1) is 22.1. The number of hydrogen-bond acceptors (Lipinski definition) is 5. The van der Waals surface area contributed by atoms with Crippen LogP contribution in [0.1, 0.15) is 19.3 Å². The Hall–Kier alpha value is -3.72. The van der Waals surface area contributed by atoms with Crippen LogP contribution >= 0.6 is 0 Å². The zero-order chi connectivity index (χ0) is 23.7. The molecule has 1 unspecified atom stereocenters. The topological polar surface area (TPSA) is 108 Å². The third-order valence-electron chi connectivity index (χ3n) is 6.09. The molecule has 34 heavy (non-hydrogen) atoms. The van der Waals surface area contributed by atoms with E-state index in [-0.39, 0.29) is 29.7 Å². The molecule has 0 aromatic heterocycles. The van der Waals surface area contributed by atoms with Gasteiger partial charge >= 0.3 is 0 Å². The molecule has 1 saturated heterocycles. The van der Waals surface area contributed by atoms with E-state index in [1.807, 2.05) is 42.5 Å². The summed E-state index contributed by atoms with van der Waals surface area (Å²) in [5, 5.41) is 4.76. The van der Waals surface area contributed by atoms with E-state index in [0.29, 0.717) is 24.5 Å². The standard InChI is InChI=1S/C25H24N4O4S/c30-24-14-18(16-29(24)22-11-3-7-17-6-1-2-10-21(17)22)25(31)27-19-8-4-9-20(15-19)34(32,33)28-23-12-5-13-26-23/h1-4,6-11,15,18H,5,12-14,16H2,(H,26,28)(H,27,31). The highest BCUT2D eigenvalue weighted by molar-refractivity contribution is 7.90. The Morgan fingerprint density at radius 1 is 1.03 bits per heavy atom. The minimum atomic E-state index is -3.79. The van der Waals surface area contributed by atoms with Gasteiger partial charge in [-0.25, -0.2) is 8.42 Å². The second-order valence-electron chi connectivity index (χ2n) is 8.46. The van der Waals surface area contributed by atoms with Crippen molar-refractivity contribution in [1.82, 2.24) is 4.72 Å². The van der Waals surface area contributed by atoms with Gasteiger partial charge in [0.15, 0.2) is 0 Å². The van der Waals surface area contributed by atoms with Crippen LogP contribution in [0.2, 0.25) is 0 Å². The van der Waals surface area contributed by atoms with E-state index in [2.05, 4.69) is 15.0 Å². The molecular formula is C25H24N4O4S. The summed E-state index contributed by atoms with van der Waals surface area (Å²) in [5.41, 5.74) is 1.14. The molecule has 0 bridgehead atoms. The predicted molar refractivity (Wildman–Crippen MR) is 131 cm³/mol. The van der Waals surface area contributed by atoms with Crippen LogP contribution < -0.4 is 14.9 Å². The van der Waals surface area contributed by atoms with Gasteiger partial charge in [0, 0.05) is 37.0 Å². The maximum Gasteiger partial charge on any atom is 0.262 e. The second kappa shape index (κ2) is 8.90. The molecule has 2 amide bonds. The highest BCUT2D eigenvalue weighted by Crippen LogP contribution is 2.32. The number of fused-ring (bicyclic) bond motifs is 1. The number of nitrogens with one attached hydrogen (secondary N) is 2.